The third-order valence-corrected chi connectivity index (χ3v) is 4.92. The summed E-state index contributed by atoms with van der Waals surface area (Å²) >= 11 is 0. The zero-order valence-electron chi connectivity index (χ0n) is 18.6. The molecule has 0 fully saturated rings. The summed E-state index contributed by atoms with van der Waals surface area (Å²) in [4.78, 5) is 36.8. The van der Waals surface area contributed by atoms with E-state index in [0.717, 1.165) is 11.3 Å². The van der Waals surface area contributed by atoms with Gasteiger partial charge in [0.25, 0.3) is 11.7 Å². The van der Waals surface area contributed by atoms with E-state index in [2.05, 4.69) is 15.2 Å². The van der Waals surface area contributed by atoms with Crippen molar-refractivity contribution >= 4 is 17.7 Å². The molecule has 0 spiro atoms. The van der Waals surface area contributed by atoms with Gasteiger partial charge in [-0.05, 0) is 50.1 Å². The average Bonchev–Trinajstić information content (AvgIpc) is 3.12. The van der Waals surface area contributed by atoms with E-state index in [-0.39, 0.29) is 17.9 Å². The van der Waals surface area contributed by atoms with Crippen LogP contribution in [0.2, 0.25) is 0 Å². The Morgan fingerprint density at radius 1 is 1.03 bits per heavy atom. The molecule has 0 aliphatic heterocycles. The average molecular weight is 471 g/mol. The monoisotopic (exact) mass is 471 g/mol. The van der Waals surface area contributed by atoms with E-state index in [1.54, 1.807) is 30.7 Å². The summed E-state index contributed by atoms with van der Waals surface area (Å²) in [5, 5.41) is 6.90. The second-order valence-corrected chi connectivity index (χ2v) is 7.32. The summed E-state index contributed by atoms with van der Waals surface area (Å²) < 4.78 is 35.0. The van der Waals surface area contributed by atoms with Gasteiger partial charge in [0.1, 0.15) is 5.75 Å². The fourth-order valence-corrected chi connectivity index (χ4v) is 3.33. The first kappa shape index (κ1) is 24.6. The van der Waals surface area contributed by atoms with Crippen molar-refractivity contribution in [3.63, 3.8) is 0 Å². The Hall–Kier alpha value is -4.08. The van der Waals surface area contributed by atoms with Crippen LogP contribution in [0, 0.1) is 13.8 Å². The second-order valence-electron chi connectivity index (χ2n) is 7.32. The Balaban J connectivity index is 1.48. The summed E-state index contributed by atoms with van der Waals surface area (Å²) in [6.45, 7) is 0.00337. The van der Waals surface area contributed by atoms with Crippen molar-refractivity contribution in [2.75, 3.05) is 13.2 Å². The number of alkyl halides is 2. The number of nitrogens with one attached hydrogen (secondary N) is 1. The number of benzene rings is 2. The lowest BCUT2D eigenvalue weighted by atomic mass is 10.1. The minimum atomic E-state index is -2.90. The van der Waals surface area contributed by atoms with Crippen molar-refractivity contribution < 1.29 is 32.6 Å². The molecular formula is C24H23F2N3O5. The number of hydrogen-bond donors (Lipinski definition) is 1. The minimum absolute atomic E-state index is 0.0409. The van der Waals surface area contributed by atoms with Crippen LogP contribution in [0.1, 0.15) is 27.3 Å². The molecule has 0 radical (unpaired) electrons. The lowest BCUT2D eigenvalue weighted by Crippen LogP contribution is -2.32. The highest BCUT2D eigenvalue weighted by molar-refractivity contribution is 6.41. The lowest BCUT2D eigenvalue weighted by Gasteiger charge is -2.08. The molecule has 3 aromatic rings. The molecule has 2 aromatic carbocycles. The van der Waals surface area contributed by atoms with Crippen LogP contribution in [-0.2, 0) is 20.7 Å². The van der Waals surface area contributed by atoms with E-state index >= 15 is 0 Å². The van der Waals surface area contributed by atoms with Crippen LogP contribution in [0.4, 0.5) is 8.78 Å². The molecular weight excluding hydrogens is 448 g/mol. The molecule has 0 saturated heterocycles. The summed E-state index contributed by atoms with van der Waals surface area (Å²) in [7, 11) is 0. The fraction of sp³-hybridized carbons (Fsp3) is 0.250. The number of esters is 1. The lowest BCUT2D eigenvalue weighted by molar-refractivity contribution is -0.143. The smallest absolute Gasteiger partial charge is 0.387 e. The molecule has 0 aliphatic rings. The maximum Gasteiger partial charge on any atom is 0.387 e. The van der Waals surface area contributed by atoms with E-state index < -0.39 is 30.9 Å². The number of aryl methyl sites for hydroxylation is 1. The molecule has 1 N–H and O–H groups in total. The number of ether oxygens (including phenoxy) is 2. The molecule has 1 aromatic heterocycles. The minimum Gasteiger partial charge on any atom is -0.450 e. The highest BCUT2D eigenvalue weighted by Gasteiger charge is 2.26. The topological polar surface area (TPSA) is 99.5 Å². The predicted octanol–water partition coefficient (Wildman–Crippen LogP) is 3.18. The summed E-state index contributed by atoms with van der Waals surface area (Å²) in [6.07, 6.45) is 0.421. The van der Waals surface area contributed by atoms with E-state index in [9.17, 15) is 23.2 Å². The molecule has 1 heterocycles. The zero-order chi connectivity index (χ0) is 24.7. The molecule has 0 unspecified atom stereocenters. The normalized spacial score (nSPS) is 10.7. The van der Waals surface area contributed by atoms with Gasteiger partial charge in [0.05, 0.1) is 22.6 Å². The number of halogens is 2. The van der Waals surface area contributed by atoms with Gasteiger partial charge >= 0.3 is 12.6 Å². The van der Waals surface area contributed by atoms with E-state index in [1.165, 1.54) is 12.1 Å². The Labute approximate surface area is 194 Å². The molecule has 8 nitrogen and oxygen atoms in total. The standard InChI is InChI=1S/C24H23F2N3O5/c1-15-21(16(2)29(28-15)18-6-4-3-5-7-18)22(31)23(32)33-14-20(30)27-13-12-17-8-10-19(11-9-17)34-24(25)26/h3-11,24H,12-14H2,1-2H3,(H,27,30). The summed E-state index contributed by atoms with van der Waals surface area (Å²) in [5.74, 6) is -2.56. The molecule has 3 rings (SSSR count). The maximum atomic E-state index is 12.6. The summed E-state index contributed by atoms with van der Waals surface area (Å²) in [6, 6.07) is 15.2. The fourth-order valence-electron chi connectivity index (χ4n) is 3.33. The first-order valence-corrected chi connectivity index (χ1v) is 10.4. The molecule has 10 heteroatoms. The van der Waals surface area contributed by atoms with E-state index in [0.29, 0.717) is 17.8 Å². The Morgan fingerprint density at radius 3 is 2.35 bits per heavy atom. The van der Waals surface area contributed by atoms with Gasteiger partial charge in [-0.1, -0.05) is 30.3 Å². The molecule has 0 bridgehead atoms. The Morgan fingerprint density at radius 2 is 1.71 bits per heavy atom. The first-order chi connectivity index (χ1) is 16.3. The van der Waals surface area contributed by atoms with Gasteiger partial charge in [0.2, 0.25) is 0 Å². The van der Waals surface area contributed by atoms with Gasteiger partial charge in [-0.25, -0.2) is 9.48 Å². The zero-order valence-corrected chi connectivity index (χ0v) is 18.6. The molecule has 0 saturated carbocycles. The van der Waals surface area contributed by atoms with Gasteiger partial charge in [-0.3, -0.25) is 9.59 Å². The first-order valence-electron chi connectivity index (χ1n) is 10.4. The van der Waals surface area contributed by atoms with Crippen molar-refractivity contribution in [1.29, 1.82) is 0 Å². The number of aromatic nitrogens is 2. The number of carbonyl (C=O) groups excluding carboxylic acids is 3. The molecule has 1 amide bonds. The number of amides is 1. The van der Waals surface area contributed by atoms with Crippen LogP contribution >= 0.6 is 0 Å². The van der Waals surface area contributed by atoms with Gasteiger partial charge in [-0.2, -0.15) is 13.9 Å². The van der Waals surface area contributed by atoms with Crippen LogP contribution in [0.15, 0.2) is 54.6 Å². The van der Waals surface area contributed by atoms with Crippen molar-refractivity contribution in [2.24, 2.45) is 0 Å². The number of hydrogen-bond acceptors (Lipinski definition) is 6. The van der Waals surface area contributed by atoms with Gasteiger partial charge in [0.15, 0.2) is 6.61 Å². The van der Waals surface area contributed by atoms with Crippen molar-refractivity contribution in [3.05, 3.63) is 77.1 Å². The molecule has 0 aliphatic carbocycles. The number of carbonyl (C=O) groups is 3. The second kappa shape index (κ2) is 11.2. The van der Waals surface area contributed by atoms with Crippen LogP contribution in [0.3, 0.4) is 0 Å². The van der Waals surface area contributed by atoms with E-state index in [4.69, 9.17) is 4.74 Å². The Kier molecular flexibility index (Phi) is 8.07. The SMILES string of the molecule is Cc1nn(-c2ccccc2)c(C)c1C(=O)C(=O)OCC(=O)NCCc1ccc(OC(F)F)cc1. The third-order valence-electron chi connectivity index (χ3n) is 4.92. The van der Waals surface area contributed by atoms with Crippen LogP contribution in [0.25, 0.3) is 5.69 Å². The van der Waals surface area contributed by atoms with Gasteiger partial charge < -0.3 is 14.8 Å². The van der Waals surface area contributed by atoms with Crippen LogP contribution in [-0.4, -0.2) is 47.2 Å². The van der Waals surface area contributed by atoms with Gasteiger partial charge in [0, 0.05) is 6.54 Å². The van der Waals surface area contributed by atoms with Crippen molar-refractivity contribution in [3.8, 4) is 11.4 Å². The van der Waals surface area contributed by atoms with Crippen LogP contribution in [0.5, 0.6) is 5.75 Å². The highest BCUT2D eigenvalue weighted by atomic mass is 19.3. The molecule has 178 valence electrons. The Bertz CT molecular complexity index is 1160. The van der Waals surface area contributed by atoms with Crippen molar-refractivity contribution in [1.82, 2.24) is 15.1 Å². The number of para-hydroxylation sites is 1. The van der Waals surface area contributed by atoms with Crippen molar-refractivity contribution in [2.45, 2.75) is 26.9 Å². The maximum absolute atomic E-state index is 12.6. The highest BCUT2D eigenvalue weighted by Crippen LogP contribution is 2.19. The quantitative estimate of drug-likeness (QED) is 0.277. The number of rotatable bonds is 10. The van der Waals surface area contributed by atoms with Gasteiger partial charge in [-0.15, -0.1) is 0 Å². The third kappa shape index (κ3) is 6.25. The van der Waals surface area contributed by atoms with E-state index in [1.807, 2.05) is 30.3 Å². The molecule has 0 atom stereocenters. The number of ketones is 1. The number of nitrogens with zero attached hydrogens (tertiary/aromatic N) is 2. The molecule has 34 heavy (non-hydrogen) atoms. The largest absolute Gasteiger partial charge is 0.450 e. The summed E-state index contributed by atoms with van der Waals surface area (Å²) in [5.41, 5.74) is 2.52. The predicted molar refractivity (Wildman–Crippen MR) is 118 cm³/mol. The van der Waals surface area contributed by atoms with Crippen LogP contribution < -0.4 is 10.1 Å². The number of Topliss-reactive ketones (excluding diaryl/α,β-unsaturated/α-hetero) is 1.